The van der Waals surface area contributed by atoms with Crippen LogP contribution in [-0.2, 0) is 16.1 Å². The third-order valence-corrected chi connectivity index (χ3v) is 6.54. The summed E-state index contributed by atoms with van der Waals surface area (Å²) in [4.78, 5) is 28.8. The summed E-state index contributed by atoms with van der Waals surface area (Å²) < 4.78 is 5.20. The molecule has 1 saturated heterocycles. The van der Waals surface area contributed by atoms with Crippen LogP contribution in [0.25, 0.3) is 0 Å². The molecule has 1 fully saturated rings. The number of carbonyl (C=O) groups is 2. The predicted octanol–water partition coefficient (Wildman–Crippen LogP) is 4.86. The molecular weight excluding hydrogens is 432 g/mol. The van der Waals surface area contributed by atoms with Gasteiger partial charge in [0.15, 0.2) is 0 Å². The maximum Gasteiger partial charge on any atom is 0.253 e. The number of thioether (sulfide) groups is 1. The van der Waals surface area contributed by atoms with Crippen molar-refractivity contribution < 1.29 is 14.3 Å². The van der Waals surface area contributed by atoms with Crippen molar-refractivity contribution in [3.63, 3.8) is 0 Å². The highest BCUT2D eigenvalue weighted by molar-refractivity contribution is 8.00. The van der Waals surface area contributed by atoms with E-state index < -0.39 is 11.3 Å². The molecule has 0 bridgehead atoms. The van der Waals surface area contributed by atoms with E-state index in [0.717, 1.165) is 21.9 Å². The summed E-state index contributed by atoms with van der Waals surface area (Å²) in [6.07, 6.45) is 0. The second-order valence-electron chi connectivity index (χ2n) is 7.09. The van der Waals surface area contributed by atoms with Gasteiger partial charge in [0.25, 0.3) is 5.91 Å². The average Bonchev–Trinajstić information content (AvgIpc) is 3.01. The molecule has 1 aliphatic rings. The lowest BCUT2D eigenvalue weighted by Gasteiger charge is -2.18. The van der Waals surface area contributed by atoms with E-state index in [0.29, 0.717) is 5.02 Å². The first kappa shape index (κ1) is 21.3. The van der Waals surface area contributed by atoms with Crippen LogP contribution in [0.15, 0.2) is 83.8 Å². The molecule has 1 N–H and O–H groups in total. The van der Waals surface area contributed by atoms with E-state index in [-0.39, 0.29) is 18.4 Å². The zero-order valence-electron chi connectivity index (χ0n) is 16.8. The van der Waals surface area contributed by atoms with Gasteiger partial charge in [0.05, 0.1) is 13.7 Å². The smallest absolute Gasteiger partial charge is 0.253 e. The number of ether oxygens (including phenoxy) is 1. The molecule has 2 atom stereocenters. The van der Waals surface area contributed by atoms with Gasteiger partial charge in [-0.25, -0.2) is 0 Å². The third-order valence-electron chi connectivity index (χ3n) is 5.02. The number of anilines is 1. The molecule has 0 saturated carbocycles. The third kappa shape index (κ3) is 4.86. The number of benzene rings is 3. The molecule has 158 valence electrons. The van der Waals surface area contributed by atoms with E-state index in [4.69, 9.17) is 16.3 Å². The Hall–Kier alpha value is -2.96. The summed E-state index contributed by atoms with van der Waals surface area (Å²) in [5.41, 5.74) is 1.65. The lowest BCUT2D eigenvalue weighted by molar-refractivity contribution is -0.139. The van der Waals surface area contributed by atoms with Crippen LogP contribution < -0.4 is 10.1 Å². The van der Waals surface area contributed by atoms with Gasteiger partial charge in [0.1, 0.15) is 17.0 Å². The summed E-state index contributed by atoms with van der Waals surface area (Å²) in [6, 6.07) is 23.4. The topological polar surface area (TPSA) is 58.6 Å². The molecule has 5 nitrogen and oxygen atoms in total. The molecular formula is C24H21ClN2O3S. The van der Waals surface area contributed by atoms with Gasteiger partial charge in [-0.05, 0) is 54.1 Å². The lowest BCUT2D eigenvalue weighted by Crippen LogP contribution is -2.35. The number of hydrogen-bond donors (Lipinski definition) is 1. The Balaban J connectivity index is 1.60. The first-order valence-corrected chi connectivity index (χ1v) is 11.0. The van der Waals surface area contributed by atoms with E-state index in [2.05, 4.69) is 5.32 Å². The second kappa shape index (κ2) is 9.45. The SMILES string of the molecule is COc1ccc(NC2C(=O)N(Cc3ccccc3)C(=O)C2Sc2ccc(Cl)cc2)cc1. The van der Waals surface area contributed by atoms with Gasteiger partial charge in [0.2, 0.25) is 5.91 Å². The van der Waals surface area contributed by atoms with Crippen molar-refractivity contribution in [1.82, 2.24) is 4.90 Å². The van der Waals surface area contributed by atoms with E-state index in [9.17, 15) is 9.59 Å². The zero-order chi connectivity index (χ0) is 21.8. The van der Waals surface area contributed by atoms with Gasteiger partial charge in [-0.3, -0.25) is 14.5 Å². The number of methoxy groups -OCH3 is 1. The highest BCUT2D eigenvalue weighted by atomic mass is 35.5. The van der Waals surface area contributed by atoms with Crippen LogP contribution in [-0.4, -0.2) is 35.1 Å². The van der Waals surface area contributed by atoms with Crippen LogP contribution in [0.2, 0.25) is 5.02 Å². The van der Waals surface area contributed by atoms with E-state index in [1.54, 1.807) is 19.2 Å². The van der Waals surface area contributed by atoms with Crippen LogP contribution in [0, 0.1) is 0 Å². The highest BCUT2D eigenvalue weighted by Gasteiger charge is 2.48. The predicted molar refractivity (Wildman–Crippen MR) is 124 cm³/mol. The summed E-state index contributed by atoms with van der Waals surface area (Å²) in [6.45, 7) is 0.247. The van der Waals surface area contributed by atoms with Gasteiger partial charge in [-0.15, -0.1) is 11.8 Å². The van der Waals surface area contributed by atoms with Crippen LogP contribution in [0.1, 0.15) is 5.56 Å². The standard InChI is InChI=1S/C24H21ClN2O3S/c1-30-19-11-9-18(10-12-19)26-21-22(31-20-13-7-17(25)8-14-20)24(29)27(23(21)28)15-16-5-3-2-4-6-16/h2-14,21-22,26H,15H2,1H3. The van der Waals surface area contributed by atoms with Gasteiger partial charge >= 0.3 is 0 Å². The molecule has 2 amide bonds. The summed E-state index contributed by atoms with van der Waals surface area (Å²) >= 11 is 7.36. The first-order chi connectivity index (χ1) is 15.0. The number of rotatable bonds is 7. The molecule has 2 unspecified atom stereocenters. The minimum atomic E-state index is -0.690. The Morgan fingerprint density at radius 3 is 2.26 bits per heavy atom. The molecule has 0 aromatic heterocycles. The van der Waals surface area contributed by atoms with Crippen LogP contribution in [0.3, 0.4) is 0 Å². The number of imide groups is 1. The molecule has 0 radical (unpaired) electrons. The van der Waals surface area contributed by atoms with Crippen molar-refractivity contribution in [3.8, 4) is 5.75 Å². The van der Waals surface area contributed by atoms with Crippen LogP contribution in [0.5, 0.6) is 5.75 Å². The Morgan fingerprint density at radius 1 is 0.935 bits per heavy atom. The molecule has 0 spiro atoms. The van der Waals surface area contributed by atoms with Crippen molar-refractivity contribution >= 4 is 40.9 Å². The number of likely N-dealkylation sites (tertiary alicyclic amines) is 1. The van der Waals surface area contributed by atoms with Crippen molar-refractivity contribution in [2.75, 3.05) is 12.4 Å². The number of carbonyl (C=O) groups excluding carboxylic acids is 2. The quantitative estimate of drug-likeness (QED) is 0.519. The second-order valence-corrected chi connectivity index (χ2v) is 8.74. The lowest BCUT2D eigenvalue weighted by atomic mass is 10.2. The van der Waals surface area contributed by atoms with E-state index >= 15 is 0 Å². The molecule has 0 aliphatic carbocycles. The molecule has 7 heteroatoms. The van der Waals surface area contributed by atoms with Crippen molar-refractivity contribution in [2.24, 2.45) is 0 Å². The fourth-order valence-electron chi connectivity index (χ4n) is 3.41. The number of nitrogens with one attached hydrogen (secondary N) is 1. The summed E-state index contributed by atoms with van der Waals surface area (Å²) in [7, 11) is 1.60. The Bertz CT molecular complexity index is 1060. The number of nitrogens with zero attached hydrogens (tertiary/aromatic N) is 1. The number of amides is 2. The Kier molecular flexibility index (Phi) is 6.49. The van der Waals surface area contributed by atoms with Gasteiger partial charge in [0, 0.05) is 15.6 Å². The fourth-order valence-corrected chi connectivity index (χ4v) is 4.67. The largest absolute Gasteiger partial charge is 0.497 e. The maximum atomic E-state index is 13.3. The fraction of sp³-hybridized carbons (Fsp3) is 0.167. The van der Waals surface area contributed by atoms with Crippen molar-refractivity contribution in [1.29, 1.82) is 0 Å². The molecule has 31 heavy (non-hydrogen) atoms. The van der Waals surface area contributed by atoms with E-state index in [1.807, 2.05) is 66.7 Å². The maximum absolute atomic E-state index is 13.3. The summed E-state index contributed by atoms with van der Waals surface area (Å²) in [5.74, 6) is 0.271. The average molecular weight is 453 g/mol. The monoisotopic (exact) mass is 452 g/mol. The van der Waals surface area contributed by atoms with Gasteiger partial charge in [-0.2, -0.15) is 0 Å². The summed E-state index contributed by atoms with van der Waals surface area (Å²) in [5, 5.41) is 3.28. The van der Waals surface area contributed by atoms with Crippen LogP contribution >= 0.6 is 23.4 Å². The minimum absolute atomic E-state index is 0.209. The normalized spacial score (nSPS) is 18.3. The molecule has 1 aliphatic heterocycles. The molecule has 1 heterocycles. The Labute approximate surface area is 190 Å². The van der Waals surface area contributed by atoms with Crippen LogP contribution in [0.4, 0.5) is 5.69 Å². The van der Waals surface area contributed by atoms with Gasteiger partial charge in [-0.1, -0.05) is 41.9 Å². The highest BCUT2D eigenvalue weighted by Crippen LogP contribution is 2.34. The van der Waals surface area contributed by atoms with Gasteiger partial charge < -0.3 is 10.1 Å². The molecule has 4 rings (SSSR count). The molecule has 3 aromatic rings. The Morgan fingerprint density at radius 2 is 1.61 bits per heavy atom. The zero-order valence-corrected chi connectivity index (χ0v) is 18.4. The first-order valence-electron chi connectivity index (χ1n) is 9.77. The number of hydrogen-bond acceptors (Lipinski definition) is 5. The van der Waals surface area contributed by atoms with Crippen molar-refractivity contribution in [2.45, 2.75) is 22.7 Å². The van der Waals surface area contributed by atoms with E-state index in [1.165, 1.54) is 16.7 Å². The van der Waals surface area contributed by atoms with Crippen molar-refractivity contribution in [3.05, 3.63) is 89.4 Å². The molecule has 3 aromatic carbocycles. The minimum Gasteiger partial charge on any atom is -0.497 e. The number of halogens is 1.